The molecule has 0 unspecified atom stereocenters. The predicted molar refractivity (Wildman–Crippen MR) is 101 cm³/mol. The van der Waals surface area contributed by atoms with Crippen LogP contribution in [0.15, 0.2) is 58.7 Å². The summed E-state index contributed by atoms with van der Waals surface area (Å²) in [5, 5.41) is 7.00. The lowest BCUT2D eigenvalue weighted by atomic mass is 10.2. The normalized spacial score (nSPS) is 11.6. The molecule has 2 aromatic carbocycles. The summed E-state index contributed by atoms with van der Waals surface area (Å²) < 4.78 is 1.73. The second kappa shape index (κ2) is 5.67. The van der Waals surface area contributed by atoms with E-state index in [1.807, 2.05) is 55.5 Å². The van der Waals surface area contributed by atoms with Crippen LogP contribution in [0.1, 0.15) is 16.1 Å². The van der Waals surface area contributed by atoms with E-state index >= 15 is 0 Å². The number of nitrogens with one attached hydrogen (secondary N) is 1. The zero-order chi connectivity index (χ0) is 17.7. The summed E-state index contributed by atoms with van der Waals surface area (Å²) in [7, 11) is 0. The van der Waals surface area contributed by atoms with E-state index in [0.717, 1.165) is 38.4 Å². The highest BCUT2D eigenvalue weighted by atomic mass is 32.2. The Morgan fingerprint density at radius 3 is 2.73 bits per heavy atom. The Balaban J connectivity index is 1.76. The minimum absolute atomic E-state index is 0.516. The number of imidazole rings is 1. The molecule has 3 aromatic heterocycles. The van der Waals surface area contributed by atoms with Gasteiger partial charge in [-0.3, -0.25) is 4.79 Å². The third kappa shape index (κ3) is 2.21. The van der Waals surface area contributed by atoms with Crippen molar-refractivity contribution in [1.82, 2.24) is 24.6 Å². The van der Waals surface area contributed by atoms with Crippen LogP contribution < -0.4 is 0 Å². The number of nitrogens with zero attached hydrogens (tertiary/aromatic N) is 4. The van der Waals surface area contributed by atoms with Gasteiger partial charge in [0.05, 0.1) is 27.8 Å². The summed E-state index contributed by atoms with van der Waals surface area (Å²) in [6, 6.07) is 15.8. The van der Waals surface area contributed by atoms with Crippen LogP contribution in [0.4, 0.5) is 0 Å². The lowest BCUT2D eigenvalue weighted by Crippen LogP contribution is -1.97. The fourth-order valence-electron chi connectivity index (χ4n) is 3.08. The van der Waals surface area contributed by atoms with Crippen LogP contribution in [0, 0.1) is 6.92 Å². The van der Waals surface area contributed by atoms with Crippen molar-refractivity contribution in [3.05, 3.63) is 59.8 Å². The maximum absolute atomic E-state index is 11.5. The molecule has 0 radical (unpaired) electrons. The molecule has 1 N–H and O–H groups in total. The molecule has 0 saturated heterocycles. The standard InChI is InChI=1S/C19H13N5OS/c1-11-13(10-25)17-22-18(12-6-2-5-9-16(12)24(17)23-11)26-19-20-14-7-3-4-8-15(14)21-19/h2-10H,1H3,(H,20,21). The summed E-state index contributed by atoms with van der Waals surface area (Å²) >= 11 is 1.45. The first-order valence-corrected chi connectivity index (χ1v) is 8.92. The van der Waals surface area contributed by atoms with Crippen LogP contribution in [-0.4, -0.2) is 30.9 Å². The molecule has 0 saturated carbocycles. The first-order valence-electron chi connectivity index (χ1n) is 8.10. The molecule has 26 heavy (non-hydrogen) atoms. The number of hydrogen-bond acceptors (Lipinski definition) is 5. The number of aldehydes is 1. The van der Waals surface area contributed by atoms with Crippen molar-refractivity contribution >= 4 is 45.6 Å². The van der Waals surface area contributed by atoms with Crippen molar-refractivity contribution in [2.75, 3.05) is 0 Å². The topological polar surface area (TPSA) is 75.9 Å². The van der Waals surface area contributed by atoms with Crippen molar-refractivity contribution < 1.29 is 4.79 Å². The minimum Gasteiger partial charge on any atom is -0.333 e. The van der Waals surface area contributed by atoms with E-state index in [2.05, 4.69) is 15.1 Å². The Bertz CT molecular complexity index is 1270. The number of carbonyl (C=O) groups excluding carboxylic acids is 1. The Kier molecular flexibility index (Phi) is 3.29. The third-order valence-electron chi connectivity index (χ3n) is 4.33. The van der Waals surface area contributed by atoms with Gasteiger partial charge in [0.15, 0.2) is 17.1 Å². The van der Waals surface area contributed by atoms with Gasteiger partial charge in [-0.2, -0.15) is 5.10 Å². The molecule has 5 aromatic rings. The maximum atomic E-state index is 11.5. The predicted octanol–water partition coefficient (Wildman–Crippen LogP) is 4.03. The fourth-order valence-corrected chi connectivity index (χ4v) is 3.99. The van der Waals surface area contributed by atoms with Crippen LogP contribution in [0.3, 0.4) is 0 Å². The van der Waals surface area contributed by atoms with Crippen molar-refractivity contribution in [3.8, 4) is 0 Å². The van der Waals surface area contributed by atoms with Gasteiger partial charge in [0.25, 0.3) is 0 Å². The zero-order valence-corrected chi connectivity index (χ0v) is 14.6. The van der Waals surface area contributed by atoms with Crippen LogP contribution in [0.2, 0.25) is 0 Å². The fraction of sp³-hybridized carbons (Fsp3) is 0.0526. The van der Waals surface area contributed by atoms with Gasteiger partial charge in [0.2, 0.25) is 0 Å². The number of benzene rings is 2. The van der Waals surface area contributed by atoms with Crippen LogP contribution in [0.25, 0.3) is 27.6 Å². The Morgan fingerprint density at radius 1 is 1.08 bits per heavy atom. The van der Waals surface area contributed by atoms with E-state index in [9.17, 15) is 4.79 Å². The molecule has 126 valence electrons. The monoisotopic (exact) mass is 359 g/mol. The van der Waals surface area contributed by atoms with E-state index in [0.29, 0.717) is 16.9 Å². The number of para-hydroxylation sites is 3. The van der Waals surface area contributed by atoms with Crippen molar-refractivity contribution in [3.63, 3.8) is 0 Å². The molecule has 7 heteroatoms. The smallest absolute Gasteiger partial charge is 0.172 e. The molecule has 0 aliphatic rings. The molecule has 0 bridgehead atoms. The van der Waals surface area contributed by atoms with Crippen LogP contribution in [0.5, 0.6) is 0 Å². The molecule has 5 rings (SSSR count). The van der Waals surface area contributed by atoms with Crippen molar-refractivity contribution in [2.45, 2.75) is 17.1 Å². The highest BCUT2D eigenvalue weighted by Gasteiger charge is 2.17. The van der Waals surface area contributed by atoms with E-state index < -0.39 is 0 Å². The first-order chi connectivity index (χ1) is 12.7. The van der Waals surface area contributed by atoms with Gasteiger partial charge >= 0.3 is 0 Å². The van der Waals surface area contributed by atoms with Gasteiger partial charge in [-0.05, 0) is 36.9 Å². The average Bonchev–Trinajstić information content (AvgIpc) is 3.21. The van der Waals surface area contributed by atoms with E-state index in [4.69, 9.17) is 4.98 Å². The lowest BCUT2D eigenvalue weighted by Gasteiger charge is -2.06. The third-order valence-corrected chi connectivity index (χ3v) is 5.22. The number of aryl methyl sites for hydroxylation is 1. The summed E-state index contributed by atoms with van der Waals surface area (Å²) in [5.74, 6) is 0. The molecule has 6 nitrogen and oxygen atoms in total. The van der Waals surface area contributed by atoms with Crippen molar-refractivity contribution in [1.29, 1.82) is 0 Å². The number of H-pyrrole nitrogens is 1. The number of hydrogen-bond donors (Lipinski definition) is 1. The SMILES string of the molecule is Cc1nn2c(nc(Sc3nc4ccccc4[nH]3)c3ccccc32)c1C=O. The number of aromatic amines is 1. The summed E-state index contributed by atoms with van der Waals surface area (Å²) in [6.45, 7) is 1.82. The molecule has 3 heterocycles. The van der Waals surface area contributed by atoms with Gasteiger partial charge in [0.1, 0.15) is 5.03 Å². The van der Waals surface area contributed by atoms with E-state index in [-0.39, 0.29) is 0 Å². The van der Waals surface area contributed by atoms with Gasteiger partial charge in [-0.15, -0.1) is 0 Å². The number of carbonyl (C=O) groups is 1. The number of fused-ring (bicyclic) bond motifs is 4. The molecular weight excluding hydrogens is 346 g/mol. The molecule has 0 spiro atoms. The second-order valence-electron chi connectivity index (χ2n) is 5.95. The second-order valence-corrected chi connectivity index (χ2v) is 6.93. The van der Waals surface area contributed by atoms with E-state index in [1.54, 1.807) is 4.52 Å². The molecule has 0 atom stereocenters. The average molecular weight is 359 g/mol. The highest BCUT2D eigenvalue weighted by molar-refractivity contribution is 7.99. The summed E-state index contributed by atoms with van der Waals surface area (Å²) in [6.07, 6.45) is 0.815. The van der Waals surface area contributed by atoms with Gasteiger partial charge in [0, 0.05) is 5.39 Å². The molecule has 0 aliphatic carbocycles. The molecule has 0 fully saturated rings. The quantitative estimate of drug-likeness (QED) is 0.389. The summed E-state index contributed by atoms with van der Waals surface area (Å²) in [5.41, 5.74) is 4.55. The molecular formula is C19H13N5OS. The van der Waals surface area contributed by atoms with E-state index in [1.165, 1.54) is 11.8 Å². The lowest BCUT2D eigenvalue weighted by molar-refractivity contribution is 0.112. The van der Waals surface area contributed by atoms with Gasteiger partial charge in [-0.1, -0.05) is 30.3 Å². The van der Waals surface area contributed by atoms with Crippen LogP contribution >= 0.6 is 11.8 Å². The first kappa shape index (κ1) is 15.1. The Morgan fingerprint density at radius 2 is 1.88 bits per heavy atom. The van der Waals surface area contributed by atoms with Crippen LogP contribution in [-0.2, 0) is 0 Å². The molecule has 0 aliphatic heterocycles. The number of rotatable bonds is 3. The highest BCUT2D eigenvalue weighted by Crippen LogP contribution is 2.33. The maximum Gasteiger partial charge on any atom is 0.172 e. The van der Waals surface area contributed by atoms with Gasteiger partial charge in [-0.25, -0.2) is 14.5 Å². The largest absolute Gasteiger partial charge is 0.333 e. The Labute approximate surface area is 152 Å². The zero-order valence-electron chi connectivity index (χ0n) is 13.8. The van der Waals surface area contributed by atoms with Gasteiger partial charge < -0.3 is 4.98 Å². The molecule has 0 amide bonds. The minimum atomic E-state index is 0.516. The Hall–Kier alpha value is -3.19. The van der Waals surface area contributed by atoms with Crippen molar-refractivity contribution in [2.24, 2.45) is 0 Å². The summed E-state index contributed by atoms with van der Waals surface area (Å²) in [4.78, 5) is 24.2. The number of aromatic nitrogens is 5.